The molecule has 2 fully saturated rings. The van der Waals surface area contributed by atoms with Gasteiger partial charge in [0.05, 0.1) is 36.1 Å². The molecule has 0 spiro atoms. The lowest BCUT2D eigenvalue weighted by Gasteiger charge is -2.25. The number of ether oxygens (including phenoxy) is 2. The minimum Gasteiger partial charge on any atom is -0.454 e. The van der Waals surface area contributed by atoms with E-state index in [1.807, 2.05) is 32.2 Å². The van der Waals surface area contributed by atoms with Gasteiger partial charge in [-0.2, -0.15) is 4.98 Å². The van der Waals surface area contributed by atoms with Crippen molar-refractivity contribution in [2.24, 2.45) is 5.92 Å². The molecule has 1 saturated carbocycles. The summed E-state index contributed by atoms with van der Waals surface area (Å²) in [6.07, 6.45) is 4.68. The summed E-state index contributed by atoms with van der Waals surface area (Å²) in [4.78, 5) is 18.5. The first-order valence-corrected chi connectivity index (χ1v) is 13.8. The first-order valence-electron chi connectivity index (χ1n) is 13.0. The zero-order valence-corrected chi connectivity index (χ0v) is 22.7. The summed E-state index contributed by atoms with van der Waals surface area (Å²) in [6, 6.07) is 3.95. The normalized spacial score (nSPS) is 24.1. The Bertz CT molecular complexity index is 1440. The predicted octanol–water partition coefficient (Wildman–Crippen LogP) is 4.54. The van der Waals surface area contributed by atoms with Gasteiger partial charge in [0.2, 0.25) is 5.95 Å². The summed E-state index contributed by atoms with van der Waals surface area (Å²) in [5.74, 6) is 1.05. The van der Waals surface area contributed by atoms with Crippen LogP contribution in [-0.2, 0) is 22.4 Å². The van der Waals surface area contributed by atoms with Crippen molar-refractivity contribution in [2.75, 3.05) is 17.2 Å². The number of hydrogen-bond donors (Lipinski definition) is 3. The number of nitrogens with zero attached hydrogens (tertiary/aromatic N) is 4. The lowest BCUT2D eigenvalue weighted by Crippen LogP contribution is -2.35. The zero-order chi connectivity index (χ0) is 26.4. The van der Waals surface area contributed by atoms with Gasteiger partial charge in [-0.05, 0) is 45.7 Å². The second-order valence-electron chi connectivity index (χ2n) is 10.3. The second-order valence-corrected chi connectivity index (χ2v) is 11.3. The van der Waals surface area contributed by atoms with E-state index in [-0.39, 0.29) is 30.8 Å². The van der Waals surface area contributed by atoms with E-state index in [9.17, 15) is 5.11 Å². The third-order valence-electron chi connectivity index (χ3n) is 7.18. The summed E-state index contributed by atoms with van der Waals surface area (Å²) in [5, 5.41) is 20.9. The van der Waals surface area contributed by atoms with Crippen LogP contribution in [0.5, 0.6) is 0 Å². The number of nitrogens with one attached hydrogen (secondary N) is 2. The highest BCUT2D eigenvalue weighted by atomic mass is 32.1. The Hall–Kier alpha value is -3.12. The SMILES string of the molecule is CCc1cc2cc(-c3c(C)nc(NCc4nccs4)nc3NC3CC(CO)C4OC(C)(C)OC34)oc2cn1. The van der Waals surface area contributed by atoms with Crippen LogP contribution in [-0.4, -0.2) is 55.7 Å². The van der Waals surface area contributed by atoms with Crippen LogP contribution in [0.3, 0.4) is 0 Å². The maximum atomic E-state index is 10.0. The van der Waals surface area contributed by atoms with Crippen molar-refractivity contribution in [3.63, 3.8) is 0 Å². The Kier molecular flexibility index (Phi) is 6.55. The molecule has 200 valence electrons. The first-order chi connectivity index (χ1) is 18.3. The molecule has 10 nitrogen and oxygen atoms in total. The van der Waals surface area contributed by atoms with Crippen molar-refractivity contribution in [2.45, 2.75) is 71.1 Å². The van der Waals surface area contributed by atoms with Gasteiger partial charge in [-0.25, -0.2) is 9.97 Å². The molecular formula is C27H32N6O4S. The molecule has 2 aliphatic rings. The van der Waals surface area contributed by atoms with E-state index < -0.39 is 5.79 Å². The highest BCUT2D eigenvalue weighted by molar-refractivity contribution is 7.09. The molecule has 1 aliphatic heterocycles. The molecule has 0 amide bonds. The quantitative estimate of drug-likeness (QED) is 0.295. The Morgan fingerprint density at radius 2 is 2.00 bits per heavy atom. The summed E-state index contributed by atoms with van der Waals surface area (Å²) in [5.41, 5.74) is 3.26. The number of aliphatic hydroxyl groups is 1. The maximum absolute atomic E-state index is 10.0. The molecule has 11 heteroatoms. The van der Waals surface area contributed by atoms with Gasteiger partial charge in [-0.15, -0.1) is 11.3 Å². The average molecular weight is 537 g/mol. The van der Waals surface area contributed by atoms with E-state index in [0.29, 0.717) is 36.1 Å². The van der Waals surface area contributed by atoms with Crippen molar-refractivity contribution in [3.8, 4) is 11.3 Å². The molecule has 4 aromatic rings. The number of furan rings is 1. The Balaban J connectivity index is 1.38. The number of aromatic nitrogens is 4. The summed E-state index contributed by atoms with van der Waals surface area (Å²) in [6.45, 7) is 8.40. The van der Waals surface area contributed by atoms with Gasteiger partial charge in [-0.1, -0.05) is 6.92 Å². The smallest absolute Gasteiger partial charge is 0.225 e. The van der Waals surface area contributed by atoms with Gasteiger partial charge < -0.3 is 29.6 Å². The van der Waals surface area contributed by atoms with Gasteiger partial charge in [0, 0.05) is 35.2 Å². The van der Waals surface area contributed by atoms with Crippen LogP contribution in [0.25, 0.3) is 22.3 Å². The molecule has 5 heterocycles. The van der Waals surface area contributed by atoms with Crippen molar-refractivity contribution in [1.82, 2.24) is 19.9 Å². The Morgan fingerprint density at radius 1 is 1.16 bits per heavy atom. The number of rotatable bonds is 8. The highest BCUT2D eigenvalue weighted by Gasteiger charge is 2.54. The van der Waals surface area contributed by atoms with Crippen LogP contribution in [0, 0.1) is 12.8 Å². The molecule has 1 aliphatic carbocycles. The van der Waals surface area contributed by atoms with E-state index >= 15 is 0 Å². The van der Waals surface area contributed by atoms with E-state index in [2.05, 4.69) is 33.6 Å². The molecule has 0 aromatic carbocycles. The molecule has 6 rings (SSSR count). The topological polar surface area (TPSA) is 127 Å². The van der Waals surface area contributed by atoms with Crippen LogP contribution in [0.2, 0.25) is 0 Å². The van der Waals surface area contributed by atoms with Gasteiger partial charge in [0.15, 0.2) is 11.4 Å². The van der Waals surface area contributed by atoms with Crippen LogP contribution < -0.4 is 10.6 Å². The van der Waals surface area contributed by atoms with Crippen molar-refractivity contribution >= 4 is 34.1 Å². The number of anilines is 2. The van der Waals surface area contributed by atoms with Crippen LogP contribution in [0.15, 0.2) is 34.3 Å². The van der Waals surface area contributed by atoms with E-state index in [4.69, 9.17) is 23.9 Å². The minimum absolute atomic E-state index is 0.0297. The number of thiazole rings is 1. The molecular weight excluding hydrogens is 504 g/mol. The molecule has 38 heavy (non-hydrogen) atoms. The molecule has 3 N–H and O–H groups in total. The number of fused-ring (bicyclic) bond motifs is 2. The summed E-state index contributed by atoms with van der Waals surface area (Å²) >= 11 is 1.58. The average Bonchev–Trinajstić information content (AvgIpc) is 3.66. The zero-order valence-electron chi connectivity index (χ0n) is 21.9. The van der Waals surface area contributed by atoms with Crippen LogP contribution in [0.1, 0.15) is 43.6 Å². The largest absolute Gasteiger partial charge is 0.454 e. The Labute approximate surface area is 224 Å². The molecule has 1 saturated heterocycles. The molecule has 4 unspecified atom stereocenters. The standard InChI is InChI=1S/C27H32N6O4S/c1-5-17-8-15-10-19(35-20(15)11-29-17)22-14(2)31-26(30-12-21-28-6-7-38-21)33-25(22)32-18-9-16(13-34)23-24(18)37-27(3,4)36-23/h6-8,10-11,16,18,23-24,34H,5,9,12-13H2,1-4H3,(H2,30,31,32,33). The van der Waals surface area contributed by atoms with E-state index in [1.165, 1.54) is 0 Å². The highest BCUT2D eigenvalue weighted by Crippen LogP contribution is 2.43. The lowest BCUT2D eigenvalue weighted by atomic mass is 10.1. The lowest BCUT2D eigenvalue weighted by molar-refractivity contribution is -0.158. The third-order valence-corrected chi connectivity index (χ3v) is 7.96. The van der Waals surface area contributed by atoms with Crippen LogP contribution in [0.4, 0.5) is 11.8 Å². The third kappa shape index (κ3) is 4.75. The minimum atomic E-state index is -0.712. The fourth-order valence-electron chi connectivity index (χ4n) is 5.44. The predicted molar refractivity (Wildman–Crippen MR) is 145 cm³/mol. The van der Waals surface area contributed by atoms with Crippen LogP contribution >= 0.6 is 11.3 Å². The van der Waals surface area contributed by atoms with E-state index in [1.54, 1.807) is 23.7 Å². The van der Waals surface area contributed by atoms with Gasteiger partial charge >= 0.3 is 0 Å². The first kappa shape index (κ1) is 25.2. The second kappa shape index (κ2) is 9.88. The van der Waals surface area contributed by atoms with E-state index in [0.717, 1.165) is 33.8 Å². The Morgan fingerprint density at radius 3 is 2.76 bits per heavy atom. The molecule has 4 aromatic heterocycles. The number of hydrogen-bond acceptors (Lipinski definition) is 11. The monoisotopic (exact) mass is 536 g/mol. The fraction of sp³-hybridized carbons (Fsp3) is 0.481. The van der Waals surface area contributed by atoms with Crippen molar-refractivity contribution in [3.05, 3.63) is 46.3 Å². The van der Waals surface area contributed by atoms with Gasteiger partial charge in [0.1, 0.15) is 22.7 Å². The molecule has 0 radical (unpaired) electrons. The maximum Gasteiger partial charge on any atom is 0.225 e. The number of aliphatic hydroxyl groups excluding tert-OH is 1. The number of pyridine rings is 1. The van der Waals surface area contributed by atoms with Gasteiger partial charge in [-0.3, -0.25) is 4.98 Å². The van der Waals surface area contributed by atoms with Crippen molar-refractivity contribution < 1.29 is 19.0 Å². The fourth-order valence-corrected chi connectivity index (χ4v) is 5.99. The number of aryl methyl sites for hydroxylation is 2. The molecule has 0 bridgehead atoms. The summed E-state index contributed by atoms with van der Waals surface area (Å²) < 4.78 is 18.7. The molecule has 4 atom stereocenters. The van der Waals surface area contributed by atoms with Crippen molar-refractivity contribution in [1.29, 1.82) is 0 Å². The van der Waals surface area contributed by atoms with Gasteiger partial charge in [0.25, 0.3) is 0 Å². The summed E-state index contributed by atoms with van der Waals surface area (Å²) in [7, 11) is 0.